The molecule has 1 rings (SSSR count). The van der Waals surface area contributed by atoms with Crippen LogP contribution in [0.5, 0.6) is 0 Å². The summed E-state index contributed by atoms with van der Waals surface area (Å²) in [5.74, 6) is -1.44. The van der Waals surface area contributed by atoms with Crippen molar-refractivity contribution in [2.75, 3.05) is 25.9 Å². The van der Waals surface area contributed by atoms with Gasteiger partial charge in [0.2, 0.25) is 10.0 Å². The fourth-order valence-corrected chi connectivity index (χ4v) is 2.57. The summed E-state index contributed by atoms with van der Waals surface area (Å²) in [6, 6.07) is 2.97. The largest absolute Gasteiger partial charge is 0.465 e. The monoisotopic (exact) mass is 290 g/mol. The first-order valence-corrected chi connectivity index (χ1v) is 6.89. The Balaban J connectivity index is 2.99. The molecule has 106 valence electrons. The second-order valence-corrected chi connectivity index (χ2v) is 5.83. The van der Waals surface area contributed by atoms with Gasteiger partial charge in [0.25, 0.3) is 0 Å². The van der Waals surface area contributed by atoms with Crippen LogP contribution in [0.3, 0.4) is 0 Å². The van der Waals surface area contributed by atoms with Crippen molar-refractivity contribution in [2.45, 2.75) is 11.8 Å². The van der Waals surface area contributed by atoms with E-state index in [1.165, 1.54) is 7.05 Å². The molecule has 0 amide bonds. The fraction of sp³-hybridized carbons (Fsp3) is 0.364. The van der Waals surface area contributed by atoms with Crippen molar-refractivity contribution in [3.63, 3.8) is 0 Å². The van der Waals surface area contributed by atoms with Gasteiger partial charge in [-0.05, 0) is 25.1 Å². The minimum Gasteiger partial charge on any atom is -0.465 e. The minimum absolute atomic E-state index is 0.0110. The fourth-order valence-electron chi connectivity index (χ4n) is 1.39. The SMILES string of the molecule is CCOC(=O)CN(C)S(=O)(=O)c1cc(N)cc(F)c1. The van der Waals surface area contributed by atoms with Crippen molar-refractivity contribution >= 4 is 21.7 Å². The topological polar surface area (TPSA) is 89.7 Å². The summed E-state index contributed by atoms with van der Waals surface area (Å²) in [6.45, 7) is 1.31. The molecule has 8 heteroatoms. The van der Waals surface area contributed by atoms with Gasteiger partial charge < -0.3 is 10.5 Å². The maximum absolute atomic E-state index is 13.2. The van der Waals surface area contributed by atoms with Gasteiger partial charge in [-0.3, -0.25) is 4.79 Å². The summed E-state index contributed by atoms with van der Waals surface area (Å²) in [6.07, 6.45) is 0. The highest BCUT2D eigenvalue weighted by Gasteiger charge is 2.24. The van der Waals surface area contributed by atoms with Crippen molar-refractivity contribution < 1.29 is 22.3 Å². The number of carbonyl (C=O) groups is 1. The van der Waals surface area contributed by atoms with Crippen LogP contribution in [0, 0.1) is 5.82 Å². The van der Waals surface area contributed by atoms with Gasteiger partial charge >= 0.3 is 5.97 Å². The van der Waals surface area contributed by atoms with Crippen LogP contribution in [0.2, 0.25) is 0 Å². The van der Waals surface area contributed by atoms with E-state index in [-0.39, 0.29) is 17.2 Å². The highest BCUT2D eigenvalue weighted by Crippen LogP contribution is 2.19. The number of carbonyl (C=O) groups excluding carboxylic acids is 1. The Morgan fingerprint density at radius 1 is 1.42 bits per heavy atom. The maximum atomic E-state index is 13.2. The van der Waals surface area contributed by atoms with Crippen LogP contribution in [0.15, 0.2) is 23.1 Å². The second-order valence-electron chi connectivity index (χ2n) is 3.79. The van der Waals surface area contributed by atoms with Crippen LogP contribution in [0.1, 0.15) is 6.92 Å². The average molecular weight is 290 g/mol. The van der Waals surface area contributed by atoms with E-state index in [1.54, 1.807) is 6.92 Å². The Hall–Kier alpha value is -1.67. The van der Waals surface area contributed by atoms with E-state index in [9.17, 15) is 17.6 Å². The molecule has 0 radical (unpaired) electrons. The molecule has 0 aliphatic heterocycles. The van der Waals surface area contributed by atoms with Crippen LogP contribution >= 0.6 is 0 Å². The summed E-state index contributed by atoms with van der Waals surface area (Å²) in [5, 5.41) is 0. The number of hydrogen-bond acceptors (Lipinski definition) is 5. The summed E-state index contributed by atoms with van der Waals surface area (Å²) in [7, 11) is -2.78. The van der Waals surface area contributed by atoms with Crippen LogP contribution in [-0.4, -0.2) is 38.9 Å². The number of sulfonamides is 1. The van der Waals surface area contributed by atoms with Gasteiger partial charge in [0, 0.05) is 12.7 Å². The first kappa shape index (κ1) is 15.4. The van der Waals surface area contributed by atoms with Crippen molar-refractivity contribution in [1.29, 1.82) is 0 Å². The quantitative estimate of drug-likeness (QED) is 0.633. The van der Waals surface area contributed by atoms with Gasteiger partial charge in [0.05, 0.1) is 11.5 Å². The number of nitrogen functional groups attached to an aromatic ring is 1. The van der Waals surface area contributed by atoms with Gasteiger partial charge in [-0.2, -0.15) is 4.31 Å². The molecule has 6 nitrogen and oxygen atoms in total. The molecule has 0 bridgehead atoms. The highest BCUT2D eigenvalue weighted by molar-refractivity contribution is 7.89. The van der Waals surface area contributed by atoms with Crippen LogP contribution in [0.25, 0.3) is 0 Å². The number of ether oxygens (including phenoxy) is 1. The van der Waals surface area contributed by atoms with Crippen molar-refractivity contribution in [3.05, 3.63) is 24.0 Å². The Morgan fingerprint density at radius 3 is 2.58 bits per heavy atom. The first-order valence-electron chi connectivity index (χ1n) is 5.45. The molecule has 19 heavy (non-hydrogen) atoms. The molecule has 0 aliphatic rings. The van der Waals surface area contributed by atoms with Crippen LogP contribution < -0.4 is 5.73 Å². The van der Waals surface area contributed by atoms with E-state index in [2.05, 4.69) is 4.74 Å². The average Bonchev–Trinajstić information content (AvgIpc) is 2.27. The van der Waals surface area contributed by atoms with Crippen molar-refractivity contribution in [3.8, 4) is 0 Å². The molecule has 0 spiro atoms. The summed E-state index contributed by atoms with van der Waals surface area (Å²) in [4.78, 5) is 10.9. The molecule has 2 N–H and O–H groups in total. The summed E-state index contributed by atoms with van der Waals surface area (Å²) in [5.41, 5.74) is 5.38. The lowest BCUT2D eigenvalue weighted by Crippen LogP contribution is -2.33. The number of anilines is 1. The van der Waals surface area contributed by atoms with E-state index in [4.69, 9.17) is 5.73 Å². The van der Waals surface area contributed by atoms with Crippen molar-refractivity contribution in [1.82, 2.24) is 4.31 Å². The number of likely N-dealkylation sites (N-methyl/N-ethyl adjacent to an activating group) is 1. The molecule has 0 saturated heterocycles. The lowest BCUT2D eigenvalue weighted by molar-refractivity contribution is -0.143. The van der Waals surface area contributed by atoms with Gasteiger partial charge in [0.15, 0.2) is 0 Å². The maximum Gasteiger partial charge on any atom is 0.321 e. The standard InChI is InChI=1S/C11H15FN2O4S/c1-3-18-11(15)7-14(2)19(16,17)10-5-8(12)4-9(13)6-10/h4-6H,3,7,13H2,1-2H3. The number of rotatable bonds is 5. The normalized spacial score (nSPS) is 11.6. The molecular weight excluding hydrogens is 275 g/mol. The third-order valence-corrected chi connectivity index (χ3v) is 4.04. The predicted octanol–water partition coefficient (Wildman–Crippen LogP) is 0.592. The molecule has 0 aliphatic carbocycles. The van der Waals surface area contributed by atoms with Gasteiger partial charge in [-0.1, -0.05) is 0 Å². The zero-order valence-corrected chi connectivity index (χ0v) is 11.4. The number of benzene rings is 1. The van der Waals surface area contributed by atoms with E-state index in [0.29, 0.717) is 0 Å². The molecule has 0 atom stereocenters. The molecule has 0 aromatic heterocycles. The lowest BCUT2D eigenvalue weighted by atomic mass is 10.3. The molecule has 1 aromatic rings. The molecular formula is C11H15FN2O4S. The highest BCUT2D eigenvalue weighted by atomic mass is 32.2. The lowest BCUT2D eigenvalue weighted by Gasteiger charge is -2.16. The van der Waals surface area contributed by atoms with Crippen LogP contribution in [0.4, 0.5) is 10.1 Å². The number of nitrogens with zero attached hydrogens (tertiary/aromatic N) is 1. The second kappa shape index (κ2) is 5.98. The van der Waals surface area contributed by atoms with Gasteiger partial charge in [0.1, 0.15) is 12.4 Å². The zero-order valence-electron chi connectivity index (χ0n) is 10.6. The third kappa shape index (κ3) is 3.90. The Kier molecular flexibility index (Phi) is 4.84. The molecule has 0 fully saturated rings. The molecule has 1 aromatic carbocycles. The summed E-state index contributed by atoms with van der Waals surface area (Å²) < 4.78 is 42.7. The molecule has 0 heterocycles. The Bertz CT molecular complexity index is 554. The van der Waals surface area contributed by atoms with Gasteiger partial charge in [-0.25, -0.2) is 12.8 Å². The zero-order chi connectivity index (χ0) is 14.6. The van der Waals surface area contributed by atoms with E-state index in [0.717, 1.165) is 22.5 Å². The van der Waals surface area contributed by atoms with E-state index >= 15 is 0 Å². The number of nitrogens with two attached hydrogens (primary N) is 1. The molecule has 0 unspecified atom stereocenters. The van der Waals surface area contributed by atoms with E-state index < -0.39 is 28.4 Å². The number of halogens is 1. The van der Waals surface area contributed by atoms with Crippen LogP contribution in [-0.2, 0) is 19.6 Å². The number of esters is 1. The Labute approximate surface area is 111 Å². The first-order chi connectivity index (χ1) is 8.77. The molecule has 0 saturated carbocycles. The third-order valence-electron chi connectivity index (χ3n) is 2.26. The summed E-state index contributed by atoms with van der Waals surface area (Å²) >= 11 is 0. The smallest absolute Gasteiger partial charge is 0.321 e. The van der Waals surface area contributed by atoms with E-state index in [1.807, 2.05) is 0 Å². The Morgan fingerprint density at radius 2 is 2.05 bits per heavy atom. The number of hydrogen-bond donors (Lipinski definition) is 1. The van der Waals surface area contributed by atoms with Crippen molar-refractivity contribution in [2.24, 2.45) is 0 Å². The predicted molar refractivity (Wildman–Crippen MR) is 67.3 cm³/mol. The van der Waals surface area contributed by atoms with Gasteiger partial charge in [-0.15, -0.1) is 0 Å². The minimum atomic E-state index is -3.98.